The van der Waals surface area contributed by atoms with Gasteiger partial charge in [0.15, 0.2) is 6.61 Å². The number of benzene rings is 1. The van der Waals surface area contributed by atoms with Crippen LogP contribution in [-0.2, 0) is 14.3 Å². The van der Waals surface area contributed by atoms with E-state index < -0.39 is 5.97 Å². The third-order valence-corrected chi connectivity index (χ3v) is 3.77. The van der Waals surface area contributed by atoms with E-state index in [0.717, 1.165) is 36.8 Å². The summed E-state index contributed by atoms with van der Waals surface area (Å²) in [7, 11) is 0. The molecule has 0 aromatic heterocycles. The highest BCUT2D eigenvalue weighted by Gasteiger charge is 2.16. The SMILES string of the molecule is Cc1cccc(/C=C/C(=O)OCC(=O)NC2CCCCC2)c1. The predicted octanol–water partition coefficient (Wildman–Crippen LogP) is 3.00. The lowest BCUT2D eigenvalue weighted by molar-refractivity contribution is -0.144. The quantitative estimate of drug-likeness (QED) is 0.672. The number of hydrogen-bond acceptors (Lipinski definition) is 3. The van der Waals surface area contributed by atoms with Crippen molar-refractivity contribution in [1.29, 1.82) is 0 Å². The molecule has 0 radical (unpaired) electrons. The molecule has 2 rings (SSSR count). The van der Waals surface area contributed by atoms with Crippen LogP contribution >= 0.6 is 0 Å². The van der Waals surface area contributed by atoms with E-state index in [2.05, 4.69) is 5.32 Å². The Labute approximate surface area is 131 Å². The zero-order valence-electron chi connectivity index (χ0n) is 13.0. The number of nitrogens with one attached hydrogen (secondary N) is 1. The van der Waals surface area contributed by atoms with Gasteiger partial charge in [-0.1, -0.05) is 49.1 Å². The van der Waals surface area contributed by atoms with E-state index in [-0.39, 0.29) is 18.6 Å². The zero-order valence-corrected chi connectivity index (χ0v) is 13.0. The average Bonchev–Trinajstić information content (AvgIpc) is 2.52. The molecule has 4 nitrogen and oxygen atoms in total. The van der Waals surface area contributed by atoms with Crippen LogP contribution in [0.2, 0.25) is 0 Å². The second-order valence-corrected chi connectivity index (χ2v) is 5.76. The Morgan fingerprint density at radius 2 is 2.05 bits per heavy atom. The first-order chi connectivity index (χ1) is 10.6. The van der Waals surface area contributed by atoms with Gasteiger partial charge in [-0.15, -0.1) is 0 Å². The van der Waals surface area contributed by atoms with Gasteiger partial charge in [0.2, 0.25) is 0 Å². The molecule has 1 aliphatic carbocycles. The number of aryl methyl sites for hydroxylation is 1. The minimum atomic E-state index is -0.500. The van der Waals surface area contributed by atoms with Crippen molar-refractivity contribution in [3.63, 3.8) is 0 Å². The van der Waals surface area contributed by atoms with Crippen LogP contribution in [0.1, 0.15) is 43.2 Å². The summed E-state index contributed by atoms with van der Waals surface area (Å²) in [6, 6.07) is 8.04. The summed E-state index contributed by atoms with van der Waals surface area (Å²) in [5, 5.41) is 2.92. The van der Waals surface area contributed by atoms with Gasteiger partial charge in [0.25, 0.3) is 5.91 Å². The van der Waals surface area contributed by atoms with Crippen LogP contribution in [0.4, 0.5) is 0 Å². The van der Waals surface area contributed by atoms with Crippen LogP contribution in [0, 0.1) is 6.92 Å². The van der Waals surface area contributed by atoms with Gasteiger partial charge in [0.1, 0.15) is 0 Å². The number of carbonyl (C=O) groups excluding carboxylic acids is 2. The average molecular weight is 301 g/mol. The normalized spacial score (nSPS) is 15.7. The molecule has 1 aromatic rings. The highest BCUT2D eigenvalue weighted by atomic mass is 16.5. The Balaban J connectivity index is 1.71. The van der Waals surface area contributed by atoms with E-state index in [9.17, 15) is 9.59 Å². The van der Waals surface area contributed by atoms with Crippen LogP contribution in [0.5, 0.6) is 0 Å². The number of rotatable bonds is 5. The third-order valence-electron chi connectivity index (χ3n) is 3.77. The van der Waals surface area contributed by atoms with E-state index in [4.69, 9.17) is 4.74 Å². The lowest BCUT2D eigenvalue weighted by Crippen LogP contribution is -2.38. The standard InChI is InChI=1S/C18H23NO3/c1-14-6-5-7-15(12-14)10-11-18(21)22-13-17(20)19-16-8-3-2-4-9-16/h5-7,10-12,16H,2-4,8-9,13H2,1H3,(H,19,20)/b11-10+. The van der Waals surface area contributed by atoms with Crippen LogP contribution in [0.25, 0.3) is 6.08 Å². The maximum Gasteiger partial charge on any atom is 0.331 e. The fourth-order valence-corrected chi connectivity index (χ4v) is 2.64. The van der Waals surface area contributed by atoms with E-state index in [1.165, 1.54) is 12.5 Å². The third kappa shape index (κ3) is 5.72. The molecule has 1 aromatic carbocycles. The molecule has 0 spiro atoms. The van der Waals surface area contributed by atoms with Gasteiger partial charge in [0, 0.05) is 12.1 Å². The summed E-state index contributed by atoms with van der Waals surface area (Å²) >= 11 is 0. The van der Waals surface area contributed by atoms with Gasteiger partial charge >= 0.3 is 5.97 Å². The maximum absolute atomic E-state index is 11.7. The summed E-state index contributed by atoms with van der Waals surface area (Å²) < 4.78 is 4.96. The minimum absolute atomic E-state index is 0.215. The number of hydrogen-bond donors (Lipinski definition) is 1. The molecule has 1 amide bonds. The van der Waals surface area contributed by atoms with Gasteiger partial charge in [0.05, 0.1) is 0 Å². The summed E-state index contributed by atoms with van der Waals surface area (Å²) in [6.07, 6.45) is 8.63. The topological polar surface area (TPSA) is 55.4 Å². The van der Waals surface area contributed by atoms with Gasteiger partial charge in [-0.25, -0.2) is 4.79 Å². The first-order valence-corrected chi connectivity index (χ1v) is 7.84. The summed E-state index contributed by atoms with van der Waals surface area (Å²) in [4.78, 5) is 23.3. The monoisotopic (exact) mass is 301 g/mol. The Morgan fingerprint density at radius 3 is 2.77 bits per heavy atom. The highest BCUT2D eigenvalue weighted by Crippen LogP contribution is 2.17. The molecule has 118 valence electrons. The van der Waals surface area contributed by atoms with Crippen molar-refractivity contribution in [2.75, 3.05) is 6.61 Å². The molecule has 1 saturated carbocycles. The summed E-state index contributed by atoms with van der Waals surface area (Å²) in [6.45, 7) is 1.78. The van der Waals surface area contributed by atoms with Gasteiger partial charge in [-0.3, -0.25) is 4.79 Å². The second-order valence-electron chi connectivity index (χ2n) is 5.76. The number of amides is 1. The molecule has 0 unspecified atom stereocenters. The summed E-state index contributed by atoms with van der Waals surface area (Å²) in [5.41, 5.74) is 2.06. The van der Waals surface area contributed by atoms with Crippen molar-refractivity contribution in [3.8, 4) is 0 Å². The molecular weight excluding hydrogens is 278 g/mol. The van der Waals surface area contributed by atoms with Crippen LogP contribution in [0.3, 0.4) is 0 Å². The lowest BCUT2D eigenvalue weighted by Gasteiger charge is -2.22. The summed E-state index contributed by atoms with van der Waals surface area (Å²) in [5.74, 6) is -0.718. The predicted molar refractivity (Wildman–Crippen MR) is 86.2 cm³/mol. The fraction of sp³-hybridized carbons (Fsp3) is 0.444. The Bertz CT molecular complexity index is 545. The van der Waals surface area contributed by atoms with E-state index >= 15 is 0 Å². The largest absolute Gasteiger partial charge is 0.452 e. The van der Waals surface area contributed by atoms with Gasteiger partial charge < -0.3 is 10.1 Å². The molecule has 0 saturated heterocycles. The Kier molecular flexibility index (Phi) is 6.19. The second kappa shape index (κ2) is 8.37. The van der Waals surface area contributed by atoms with Crippen molar-refractivity contribution >= 4 is 18.0 Å². The lowest BCUT2D eigenvalue weighted by atomic mass is 9.95. The fourth-order valence-electron chi connectivity index (χ4n) is 2.64. The molecule has 0 bridgehead atoms. The van der Waals surface area contributed by atoms with Crippen LogP contribution < -0.4 is 5.32 Å². The highest BCUT2D eigenvalue weighted by molar-refractivity contribution is 5.89. The van der Waals surface area contributed by atoms with Gasteiger partial charge in [-0.2, -0.15) is 0 Å². The molecule has 1 N–H and O–H groups in total. The van der Waals surface area contributed by atoms with Crippen molar-refractivity contribution in [3.05, 3.63) is 41.5 Å². The van der Waals surface area contributed by atoms with E-state index in [1.807, 2.05) is 31.2 Å². The zero-order chi connectivity index (χ0) is 15.8. The van der Waals surface area contributed by atoms with Crippen LogP contribution in [-0.4, -0.2) is 24.5 Å². The van der Waals surface area contributed by atoms with Crippen molar-refractivity contribution in [2.45, 2.75) is 45.1 Å². The Hall–Kier alpha value is -2.10. The number of carbonyl (C=O) groups is 2. The minimum Gasteiger partial charge on any atom is -0.452 e. The number of ether oxygens (including phenoxy) is 1. The molecule has 0 aliphatic heterocycles. The van der Waals surface area contributed by atoms with E-state index in [1.54, 1.807) is 6.08 Å². The number of esters is 1. The molecule has 22 heavy (non-hydrogen) atoms. The maximum atomic E-state index is 11.7. The van der Waals surface area contributed by atoms with Crippen molar-refractivity contribution in [1.82, 2.24) is 5.32 Å². The molecule has 1 aliphatic rings. The van der Waals surface area contributed by atoms with Crippen molar-refractivity contribution in [2.24, 2.45) is 0 Å². The molecule has 0 atom stereocenters. The molecular formula is C18H23NO3. The smallest absolute Gasteiger partial charge is 0.331 e. The van der Waals surface area contributed by atoms with E-state index in [0.29, 0.717) is 0 Å². The molecule has 0 heterocycles. The van der Waals surface area contributed by atoms with Crippen LogP contribution in [0.15, 0.2) is 30.3 Å². The first kappa shape index (κ1) is 16.3. The first-order valence-electron chi connectivity index (χ1n) is 7.84. The molecule has 1 fully saturated rings. The molecule has 4 heteroatoms. The van der Waals surface area contributed by atoms with Gasteiger partial charge in [-0.05, 0) is 31.4 Å². The van der Waals surface area contributed by atoms with Crippen molar-refractivity contribution < 1.29 is 14.3 Å². The Morgan fingerprint density at radius 1 is 1.27 bits per heavy atom.